The van der Waals surface area contributed by atoms with Crippen molar-refractivity contribution in [3.8, 4) is 0 Å². The van der Waals surface area contributed by atoms with Gasteiger partial charge in [-0.05, 0) is 36.4 Å². The van der Waals surface area contributed by atoms with Crippen molar-refractivity contribution >= 4 is 67.0 Å². The molecule has 2 N–H and O–H groups in total. The van der Waals surface area contributed by atoms with Crippen LogP contribution in [0.15, 0.2) is 42.6 Å². The molecule has 30 heavy (non-hydrogen) atoms. The van der Waals surface area contributed by atoms with Crippen LogP contribution in [0, 0.1) is 0 Å². The summed E-state index contributed by atoms with van der Waals surface area (Å²) in [7, 11) is -3.06. The number of nitrogens with one attached hydrogen (secondary N) is 1. The SMILES string of the molecule is O=C(O)c1cc(Cl)ccc1Nc1c(N2CCS(=O)(=O)CC2)cnc2ccc(Cl)cc12. The van der Waals surface area contributed by atoms with E-state index in [1.165, 1.54) is 6.07 Å². The Bertz CT molecular complexity index is 1250. The van der Waals surface area contributed by atoms with Gasteiger partial charge in [0.25, 0.3) is 0 Å². The van der Waals surface area contributed by atoms with Crippen LogP contribution < -0.4 is 10.2 Å². The first-order valence-corrected chi connectivity index (χ1v) is 11.6. The highest BCUT2D eigenvalue weighted by molar-refractivity contribution is 7.91. The summed E-state index contributed by atoms with van der Waals surface area (Å²) in [5.41, 5.74) is 2.31. The van der Waals surface area contributed by atoms with Crippen molar-refractivity contribution < 1.29 is 18.3 Å². The van der Waals surface area contributed by atoms with Crippen LogP contribution in [0.3, 0.4) is 0 Å². The monoisotopic (exact) mass is 465 g/mol. The van der Waals surface area contributed by atoms with Crippen LogP contribution in [-0.2, 0) is 9.84 Å². The van der Waals surface area contributed by atoms with E-state index in [1.54, 1.807) is 36.5 Å². The minimum Gasteiger partial charge on any atom is -0.478 e. The van der Waals surface area contributed by atoms with Crippen LogP contribution in [0.1, 0.15) is 10.4 Å². The molecule has 156 valence electrons. The molecule has 0 spiro atoms. The van der Waals surface area contributed by atoms with Gasteiger partial charge < -0.3 is 15.3 Å². The van der Waals surface area contributed by atoms with Crippen LogP contribution in [0.5, 0.6) is 0 Å². The van der Waals surface area contributed by atoms with E-state index in [4.69, 9.17) is 23.2 Å². The van der Waals surface area contributed by atoms with Gasteiger partial charge in [-0.2, -0.15) is 0 Å². The molecule has 1 aliphatic rings. The molecule has 4 rings (SSSR count). The molecule has 0 aliphatic carbocycles. The molecule has 2 heterocycles. The molecule has 2 aromatic carbocycles. The topological polar surface area (TPSA) is 99.6 Å². The first kappa shape index (κ1) is 20.7. The number of hydrogen-bond donors (Lipinski definition) is 2. The highest BCUT2D eigenvalue weighted by Gasteiger charge is 2.25. The Morgan fingerprint density at radius 1 is 1.07 bits per heavy atom. The fourth-order valence-corrected chi connectivity index (χ4v) is 4.96. The van der Waals surface area contributed by atoms with Crippen molar-refractivity contribution in [3.63, 3.8) is 0 Å². The maximum Gasteiger partial charge on any atom is 0.337 e. The lowest BCUT2D eigenvalue weighted by Gasteiger charge is -2.31. The number of carbonyl (C=O) groups is 1. The van der Waals surface area contributed by atoms with Gasteiger partial charge >= 0.3 is 5.97 Å². The van der Waals surface area contributed by atoms with Crippen LogP contribution in [0.25, 0.3) is 10.9 Å². The summed E-state index contributed by atoms with van der Waals surface area (Å²) in [5, 5.41) is 14.3. The minimum atomic E-state index is -3.06. The van der Waals surface area contributed by atoms with Gasteiger partial charge in [0, 0.05) is 28.5 Å². The number of aromatic carboxylic acids is 1. The van der Waals surface area contributed by atoms with E-state index in [-0.39, 0.29) is 17.1 Å². The summed E-state index contributed by atoms with van der Waals surface area (Å²) < 4.78 is 23.7. The van der Waals surface area contributed by atoms with E-state index in [0.29, 0.717) is 51.1 Å². The Kier molecular flexibility index (Phi) is 5.48. The standard InChI is InChI=1S/C20H17Cl2N3O4S/c21-12-1-3-16-14(9-12)19(24-17-4-2-13(22)10-15(17)20(26)27)18(11-23-16)25-5-7-30(28,29)8-6-25/h1-4,9-11H,5-8H2,(H,23,24)(H,26,27). The predicted octanol–water partition coefficient (Wildman–Crippen LogP) is 4.22. The number of hydrogen-bond acceptors (Lipinski definition) is 6. The normalized spacial score (nSPS) is 15.9. The first-order chi connectivity index (χ1) is 14.2. The number of sulfone groups is 1. The highest BCUT2D eigenvalue weighted by atomic mass is 35.5. The van der Waals surface area contributed by atoms with Crippen molar-refractivity contribution in [3.05, 3.63) is 58.2 Å². The van der Waals surface area contributed by atoms with Crippen molar-refractivity contribution in [2.45, 2.75) is 0 Å². The third-order valence-electron chi connectivity index (χ3n) is 4.97. The summed E-state index contributed by atoms with van der Waals surface area (Å²) in [6, 6.07) is 9.79. The number of benzene rings is 2. The quantitative estimate of drug-likeness (QED) is 0.594. The number of anilines is 3. The molecular formula is C20H17Cl2N3O4S. The Morgan fingerprint density at radius 2 is 1.73 bits per heavy atom. The fraction of sp³-hybridized carbons (Fsp3) is 0.200. The second kappa shape index (κ2) is 7.94. The maximum absolute atomic E-state index is 11.9. The van der Waals surface area contributed by atoms with Crippen molar-refractivity contribution in [1.29, 1.82) is 0 Å². The lowest BCUT2D eigenvalue weighted by molar-refractivity contribution is 0.0698. The summed E-state index contributed by atoms with van der Waals surface area (Å²) in [4.78, 5) is 18.1. The van der Waals surface area contributed by atoms with Gasteiger partial charge in [-0.15, -0.1) is 0 Å². The van der Waals surface area contributed by atoms with Crippen LogP contribution in [-0.4, -0.2) is 49.1 Å². The molecule has 1 saturated heterocycles. The third kappa shape index (κ3) is 4.16. The Hall–Kier alpha value is -2.55. The van der Waals surface area contributed by atoms with E-state index >= 15 is 0 Å². The molecule has 10 heteroatoms. The average molecular weight is 466 g/mol. The number of rotatable bonds is 4. The zero-order valence-corrected chi connectivity index (χ0v) is 17.9. The van der Waals surface area contributed by atoms with E-state index in [2.05, 4.69) is 10.3 Å². The zero-order valence-electron chi connectivity index (χ0n) is 15.6. The lowest BCUT2D eigenvalue weighted by atomic mass is 10.1. The van der Waals surface area contributed by atoms with Crippen LogP contribution >= 0.6 is 23.2 Å². The second-order valence-electron chi connectivity index (χ2n) is 6.94. The minimum absolute atomic E-state index is 0.0154. The van der Waals surface area contributed by atoms with Gasteiger partial charge in [-0.25, -0.2) is 13.2 Å². The smallest absolute Gasteiger partial charge is 0.337 e. The molecule has 1 aromatic heterocycles. The van der Waals surface area contributed by atoms with Crippen molar-refractivity contribution in [2.24, 2.45) is 0 Å². The number of carboxylic acids is 1. The molecule has 3 aromatic rings. The molecule has 0 unspecified atom stereocenters. The number of halogens is 2. The largest absolute Gasteiger partial charge is 0.478 e. The molecule has 0 amide bonds. The van der Waals surface area contributed by atoms with E-state index < -0.39 is 15.8 Å². The summed E-state index contributed by atoms with van der Waals surface area (Å²) in [5.74, 6) is -1.04. The lowest BCUT2D eigenvalue weighted by Crippen LogP contribution is -2.40. The van der Waals surface area contributed by atoms with E-state index in [9.17, 15) is 18.3 Å². The highest BCUT2D eigenvalue weighted by Crippen LogP contribution is 2.38. The number of pyridine rings is 1. The number of nitrogens with zero attached hydrogens (tertiary/aromatic N) is 2. The number of aromatic nitrogens is 1. The van der Waals surface area contributed by atoms with Gasteiger partial charge in [0.2, 0.25) is 0 Å². The van der Waals surface area contributed by atoms with Gasteiger partial charge in [0.1, 0.15) is 0 Å². The Balaban J connectivity index is 1.86. The first-order valence-electron chi connectivity index (χ1n) is 9.07. The predicted molar refractivity (Wildman–Crippen MR) is 119 cm³/mol. The fourth-order valence-electron chi connectivity index (χ4n) is 3.42. The summed E-state index contributed by atoms with van der Waals surface area (Å²) >= 11 is 12.2. The van der Waals surface area contributed by atoms with Gasteiger partial charge in [-0.3, -0.25) is 4.98 Å². The number of fused-ring (bicyclic) bond motifs is 1. The molecule has 7 nitrogen and oxygen atoms in total. The Labute approximate surface area is 183 Å². The molecule has 0 bridgehead atoms. The molecule has 1 aliphatic heterocycles. The molecule has 1 fully saturated rings. The van der Waals surface area contributed by atoms with Gasteiger partial charge in [-0.1, -0.05) is 23.2 Å². The molecule has 0 atom stereocenters. The summed E-state index contributed by atoms with van der Waals surface area (Å²) in [6.07, 6.45) is 1.66. The van der Waals surface area contributed by atoms with Gasteiger partial charge in [0.05, 0.1) is 45.8 Å². The van der Waals surface area contributed by atoms with Crippen LogP contribution in [0.2, 0.25) is 10.0 Å². The zero-order chi connectivity index (χ0) is 21.5. The van der Waals surface area contributed by atoms with Crippen LogP contribution in [0.4, 0.5) is 17.1 Å². The van der Waals surface area contributed by atoms with Crippen molar-refractivity contribution in [1.82, 2.24) is 4.98 Å². The van der Waals surface area contributed by atoms with Crippen molar-refractivity contribution in [2.75, 3.05) is 34.8 Å². The maximum atomic E-state index is 11.9. The molecular weight excluding hydrogens is 449 g/mol. The van der Waals surface area contributed by atoms with E-state index in [0.717, 1.165) is 0 Å². The Morgan fingerprint density at radius 3 is 2.43 bits per heavy atom. The second-order valence-corrected chi connectivity index (χ2v) is 10.1. The average Bonchev–Trinajstić information content (AvgIpc) is 2.69. The third-order valence-corrected chi connectivity index (χ3v) is 7.05. The number of carboxylic acid groups (broad SMARTS) is 1. The van der Waals surface area contributed by atoms with E-state index in [1.807, 2.05) is 4.90 Å². The van der Waals surface area contributed by atoms with Gasteiger partial charge in [0.15, 0.2) is 9.84 Å². The molecule has 0 radical (unpaired) electrons. The molecule has 0 saturated carbocycles. The summed E-state index contributed by atoms with van der Waals surface area (Å²) in [6.45, 7) is 0.633.